The molecule has 0 spiro atoms. The first-order chi connectivity index (χ1) is 13.5. The summed E-state index contributed by atoms with van der Waals surface area (Å²) >= 11 is 0. The quantitative estimate of drug-likeness (QED) is 0.666. The molecule has 3 rings (SSSR count). The molecule has 6 nitrogen and oxygen atoms in total. The van der Waals surface area contributed by atoms with Crippen molar-refractivity contribution in [1.82, 2.24) is 20.4 Å². The van der Waals surface area contributed by atoms with Gasteiger partial charge in [0.2, 0.25) is 5.91 Å². The van der Waals surface area contributed by atoms with Gasteiger partial charge in [-0.1, -0.05) is 60.7 Å². The van der Waals surface area contributed by atoms with Gasteiger partial charge in [0.25, 0.3) is 5.91 Å². The Bertz CT molecular complexity index is 934. The third-order valence-corrected chi connectivity index (χ3v) is 4.10. The lowest BCUT2D eigenvalue weighted by Gasteiger charge is -2.09. The van der Waals surface area contributed by atoms with Crippen molar-refractivity contribution in [1.29, 1.82) is 0 Å². The normalized spacial score (nSPS) is 10.7. The van der Waals surface area contributed by atoms with Crippen LogP contribution in [0.3, 0.4) is 0 Å². The Hall–Kier alpha value is -3.41. The zero-order valence-electron chi connectivity index (χ0n) is 16.1. The van der Waals surface area contributed by atoms with E-state index < -0.39 is 0 Å². The van der Waals surface area contributed by atoms with Gasteiger partial charge in [-0.15, -0.1) is 0 Å². The van der Waals surface area contributed by atoms with Crippen LogP contribution in [0.1, 0.15) is 29.8 Å². The van der Waals surface area contributed by atoms with Crippen LogP contribution in [0.2, 0.25) is 0 Å². The molecule has 0 aliphatic rings. The molecule has 3 aromatic rings. The number of rotatable bonds is 7. The van der Waals surface area contributed by atoms with Crippen molar-refractivity contribution in [2.45, 2.75) is 26.4 Å². The van der Waals surface area contributed by atoms with Crippen LogP contribution >= 0.6 is 0 Å². The van der Waals surface area contributed by atoms with Crippen LogP contribution < -0.4 is 10.6 Å². The van der Waals surface area contributed by atoms with Crippen LogP contribution in [0.4, 0.5) is 0 Å². The summed E-state index contributed by atoms with van der Waals surface area (Å²) in [6.07, 6.45) is 1.73. The zero-order valence-corrected chi connectivity index (χ0v) is 16.1. The average Bonchev–Trinajstić information content (AvgIpc) is 3.11. The lowest BCUT2D eigenvalue weighted by Crippen LogP contribution is -2.39. The molecule has 0 saturated carbocycles. The molecule has 0 bridgehead atoms. The van der Waals surface area contributed by atoms with Crippen LogP contribution in [0.25, 0.3) is 11.3 Å². The van der Waals surface area contributed by atoms with Crippen molar-refractivity contribution in [2.24, 2.45) is 0 Å². The second-order valence-electron chi connectivity index (χ2n) is 6.85. The smallest absolute Gasteiger partial charge is 0.255 e. The largest absolute Gasteiger partial charge is 0.352 e. The summed E-state index contributed by atoms with van der Waals surface area (Å²) in [7, 11) is 0. The minimum Gasteiger partial charge on any atom is -0.352 e. The maximum absolute atomic E-state index is 12.8. The van der Waals surface area contributed by atoms with E-state index in [-0.39, 0.29) is 24.4 Å². The second kappa shape index (κ2) is 8.99. The van der Waals surface area contributed by atoms with Gasteiger partial charge in [-0.25, -0.2) is 0 Å². The molecule has 1 heterocycles. The van der Waals surface area contributed by atoms with Gasteiger partial charge in [0.05, 0.1) is 18.7 Å². The van der Waals surface area contributed by atoms with Crippen LogP contribution in [0, 0.1) is 0 Å². The summed E-state index contributed by atoms with van der Waals surface area (Å²) in [6, 6.07) is 19.5. The highest BCUT2D eigenvalue weighted by molar-refractivity contribution is 6.01. The fourth-order valence-corrected chi connectivity index (χ4v) is 2.88. The maximum atomic E-state index is 12.8. The SMILES string of the molecule is CC(C)NC(=O)CNC(=O)c1cn(Cc2ccccc2)nc1-c1ccccc1. The Balaban J connectivity index is 1.83. The Morgan fingerprint density at radius 1 is 1.00 bits per heavy atom. The molecular weight excluding hydrogens is 352 g/mol. The molecule has 0 aliphatic carbocycles. The molecule has 0 fully saturated rings. The van der Waals surface area contributed by atoms with Crippen molar-refractivity contribution < 1.29 is 9.59 Å². The van der Waals surface area contributed by atoms with Gasteiger partial charge >= 0.3 is 0 Å². The highest BCUT2D eigenvalue weighted by Gasteiger charge is 2.18. The van der Waals surface area contributed by atoms with Crippen molar-refractivity contribution in [3.8, 4) is 11.3 Å². The van der Waals surface area contributed by atoms with Crippen molar-refractivity contribution >= 4 is 11.8 Å². The van der Waals surface area contributed by atoms with Gasteiger partial charge in [0.15, 0.2) is 0 Å². The molecule has 2 amide bonds. The number of benzene rings is 2. The third kappa shape index (κ3) is 5.07. The molecular formula is C22H24N4O2. The minimum absolute atomic E-state index is 0.0258. The van der Waals surface area contributed by atoms with Crippen LogP contribution in [-0.2, 0) is 11.3 Å². The minimum atomic E-state index is -0.322. The summed E-state index contributed by atoms with van der Waals surface area (Å²) < 4.78 is 1.75. The number of amides is 2. The van der Waals surface area contributed by atoms with Gasteiger partial charge in [0, 0.05) is 17.8 Å². The van der Waals surface area contributed by atoms with E-state index in [2.05, 4.69) is 15.7 Å². The van der Waals surface area contributed by atoms with Crippen molar-refractivity contribution in [3.05, 3.63) is 78.0 Å². The average molecular weight is 376 g/mol. The van der Waals surface area contributed by atoms with E-state index in [1.165, 1.54) is 0 Å². The molecule has 6 heteroatoms. The van der Waals surface area contributed by atoms with Gasteiger partial charge in [-0.05, 0) is 19.4 Å². The number of hydrogen-bond acceptors (Lipinski definition) is 3. The Morgan fingerprint density at radius 2 is 1.64 bits per heavy atom. The lowest BCUT2D eigenvalue weighted by atomic mass is 10.1. The van der Waals surface area contributed by atoms with E-state index in [0.717, 1.165) is 11.1 Å². The van der Waals surface area contributed by atoms with E-state index in [4.69, 9.17) is 0 Å². The lowest BCUT2D eigenvalue weighted by molar-refractivity contribution is -0.120. The summed E-state index contributed by atoms with van der Waals surface area (Å²) in [4.78, 5) is 24.6. The second-order valence-corrected chi connectivity index (χ2v) is 6.85. The van der Waals surface area contributed by atoms with Crippen molar-refractivity contribution in [2.75, 3.05) is 6.54 Å². The summed E-state index contributed by atoms with van der Waals surface area (Å²) in [6.45, 7) is 4.23. The van der Waals surface area contributed by atoms with Crippen LogP contribution in [-0.4, -0.2) is 34.2 Å². The van der Waals surface area contributed by atoms with E-state index in [0.29, 0.717) is 17.8 Å². The Morgan fingerprint density at radius 3 is 2.29 bits per heavy atom. The van der Waals surface area contributed by atoms with Gasteiger partial charge in [-0.2, -0.15) is 5.10 Å². The molecule has 0 radical (unpaired) electrons. The first-order valence-corrected chi connectivity index (χ1v) is 9.27. The monoisotopic (exact) mass is 376 g/mol. The fourth-order valence-electron chi connectivity index (χ4n) is 2.88. The Labute approximate surface area is 164 Å². The number of nitrogens with zero attached hydrogens (tertiary/aromatic N) is 2. The first-order valence-electron chi connectivity index (χ1n) is 9.27. The number of carbonyl (C=O) groups excluding carboxylic acids is 2. The van der Waals surface area contributed by atoms with E-state index in [9.17, 15) is 9.59 Å². The molecule has 1 aromatic heterocycles. The molecule has 0 saturated heterocycles. The standard InChI is InChI=1S/C22H24N4O2/c1-16(2)24-20(27)13-23-22(28)19-15-26(14-17-9-5-3-6-10-17)25-21(19)18-11-7-4-8-12-18/h3-12,15-16H,13-14H2,1-2H3,(H,23,28)(H,24,27). The van der Waals surface area contributed by atoms with E-state index >= 15 is 0 Å². The van der Waals surface area contributed by atoms with Crippen molar-refractivity contribution in [3.63, 3.8) is 0 Å². The number of aromatic nitrogens is 2. The molecule has 0 unspecified atom stereocenters. The predicted octanol–water partition coefficient (Wildman–Crippen LogP) is 2.85. The molecule has 2 N–H and O–H groups in total. The number of nitrogens with one attached hydrogen (secondary N) is 2. The van der Waals surface area contributed by atoms with Crippen LogP contribution in [0.15, 0.2) is 66.9 Å². The number of carbonyl (C=O) groups is 2. The predicted molar refractivity (Wildman–Crippen MR) is 109 cm³/mol. The molecule has 144 valence electrons. The molecule has 0 atom stereocenters. The van der Waals surface area contributed by atoms with Gasteiger partial charge in [0.1, 0.15) is 5.69 Å². The summed E-state index contributed by atoms with van der Waals surface area (Å²) in [5.41, 5.74) is 2.98. The fraction of sp³-hybridized carbons (Fsp3) is 0.227. The highest BCUT2D eigenvalue weighted by atomic mass is 16.2. The summed E-state index contributed by atoms with van der Waals surface area (Å²) in [5.74, 6) is -0.543. The van der Waals surface area contributed by atoms with Gasteiger partial charge in [-0.3, -0.25) is 14.3 Å². The topological polar surface area (TPSA) is 76.0 Å². The van der Waals surface area contributed by atoms with E-state index in [1.54, 1.807) is 10.9 Å². The maximum Gasteiger partial charge on any atom is 0.255 e. The van der Waals surface area contributed by atoms with Gasteiger partial charge < -0.3 is 10.6 Å². The zero-order chi connectivity index (χ0) is 19.9. The highest BCUT2D eigenvalue weighted by Crippen LogP contribution is 2.22. The third-order valence-electron chi connectivity index (χ3n) is 4.10. The molecule has 28 heavy (non-hydrogen) atoms. The Kier molecular flexibility index (Phi) is 6.22. The summed E-state index contributed by atoms with van der Waals surface area (Å²) in [5, 5.41) is 10.1. The first kappa shape index (κ1) is 19.4. The number of hydrogen-bond donors (Lipinski definition) is 2. The van der Waals surface area contributed by atoms with Crippen LogP contribution in [0.5, 0.6) is 0 Å². The van der Waals surface area contributed by atoms with E-state index in [1.807, 2.05) is 74.5 Å². The molecule has 2 aromatic carbocycles. The molecule has 0 aliphatic heterocycles.